The molecule has 0 aromatic carbocycles. The maximum absolute atomic E-state index is 13.4. The van der Waals surface area contributed by atoms with Crippen molar-refractivity contribution in [3.05, 3.63) is 36.2 Å². The predicted octanol–water partition coefficient (Wildman–Crippen LogP) is 2.15. The Balaban J connectivity index is 3.13. The van der Waals surface area contributed by atoms with E-state index in [9.17, 15) is 9.18 Å². The minimum absolute atomic E-state index is 0.245. The second-order valence-corrected chi connectivity index (χ2v) is 3.87. The smallest absolute Gasteiger partial charge is 0.150 e. The summed E-state index contributed by atoms with van der Waals surface area (Å²) < 4.78 is 13.4. The summed E-state index contributed by atoms with van der Waals surface area (Å²) in [7, 11) is 1.81. The monoisotopic (exact) mass is 209 g/mol. The molecule has 0 aromatic heterocycles. The van der Waals surface area contributed by atoms with E-state index in [2.05, 4.69) is 18.5 Å². The summed E-state index contributed by atoms with van der Waals surface area (Å²) in [6, 6.07) is 0. The molecule has 0 spiro atoms. The maximum Gasteiger partial charge on any atom is 0.150 e. The number of carbonyl (C=O) groups is 1. The first-order chi connectivity index (χ1) is 7.11. The molecule has 0 bridgehead atoms. The minimum atomic E-state index is -0.523. The topological polar surface area (TPSA) is 29.1 Å². The van der Waals surface area contributed by atoms with Crippen molar-refractivity contribution in [2.24, 2.45) is 5.41 Å². The third kappa shape index (κ3) is 2.23. The highest BCUT2D eigenvalue weighted by molar-refractivity contribution is 5.80. The Labute approximate surface area is 89.6 Å². The van der Waals surface area contributed by atoms with E-state index in [4.69, 9.17) is 0 Å². The fourth-order valence-corrected chi connectivity index (χ4v) is 1.96. The summed E-state index contributed by atoms with van der Waals surface area (Å²) in [5.41, 5.74) is 0.488. The van der Waals surface area contributed by atoms with E-state index in [1.54, 1.807) is 0 Å². The quantitative estimate of drug-likeness (QED) is 0.412. The normalized spacial score (nSPS) is 19.1. The molecule has 1 fully saturated rings. The minimum Gasteiger partial charge on any atom is -0.319 e. The highest BCUT2D eigenvalue weighted by atomic mass is 19.1. The van der Waals surface area contributed by atoms with Crippen LogP contribution in [0.5, 0.6) is 0 Å². The Morgan fingerprint density at radius 2 is 2.20 bits per heavy atom. The first-order valence-corrected chi connectivity index (χ1v) is 4.93. The van der Waals surface area contributed by atoms with Gasteiger partial charge in [-0.1, -0.05) is 19.2 Å². The van der Waals surface area contributed by atoms with Gasteiger partial charge in [-0.05, 0) is 19.9 Å². The molecule has 1 saturated carbocycles. The molecule has 0 unspecified atom stereocenters. The van der Waals surface area contributed by atoms with Crippen molar-refractivity contribution in [1.82, 2.24) is 5.32 Å². The first-order valence-electron chi connectivity index (χ1n) is 4.93. The molecule has 2 nitrogen and oxygen atoms in total. The van der Waals surface area contributed by atoms with Gasteiger partial charge in [-0.15, -0.1) is 0 Å². The summed E-state index contributed by atoms with van der Waals surface area (Å²) in [5.74, 6) is -0.523. The van der Waals surface area contributed by atoms with E-state index in [1.807, 2.05) is 7.05 Å². The average Bonchev–Trinajstić information content (AvgIpc) is 2.94. The van der Waals surface area contributed by atoms with Gasteiger partial charge in [0.25, 0.3) is 0 Å². The van der Waals surface area contributed by atoms with Gasteiger partial charge in [0, 0.05) is 23.1 Å². The number of rotatable bonds is 6. The molecule has 0 heterocycles. The zero-order chi connectivity index (χ0) is 11.5. The van der Waals surface area contributed by atoms with Crippen molar-refractivity contribution in [3.63, 3.8) is 0 Å². The second-order valence-electron chi connectivity index (χ2n) is 3.87. The third-order valence-corrected chi connectivity index (χ3v) is 2.81. The summed E-state index contributed by atoms with van der Waals surface area (Å²) in [4.78, 5) is 10.8. The summed E-state index contributed by atoms with van der Waals surface area (Å²) in [6.45, 7) is 7.48. The van der Waals surface area contributed by atoms with Crippen molar-refractivity contribution in [1.29, 1.82) is 0 Å². The predicted molar refractivity (Wildman–Crippen MR) is 59.1 cm³/mol. The molecule has 1 N–H and O–H groups in total. The summed E-state index contributed by atoms with van der Waals surface area (Å²) >= 11 is 0. The number of nitrogens with one attached hydrogen (secondary N) is 1. The molecule has 3 heteroatoms. The number of allylic oxidation sites excluding steroid dienone is 3. The van der Waals surface area contributed by atoms with Crippen LogP contribution < -0.4 is 5.32 Å². The number of hydrogen-bond donors (Lipinski definition) is 1. The fraction of sp³-hybridized carbons (Fsp3) is 0.417. The lowest BCUT2D eigenvalue weighted by molar-refractivity contribution is -0.104. The molecule has 1 aliphatic rings. The van der Waals surface area contributed by atoms with Crippen LogP contribution in [-0.4, -0.2) is 19.9 Å². The molecule has 82 valence electrons. The summed E-state index contributed by atoms with van der Waals surface area (Å²) in [6.07, 6.45) is 3.81. The third-order valence-electron chi connectivity index (χ3n) is 2.81. The van der Waals surface area contributed by atoms with Gasteiger partial charge in [0.1, 0.15) is 12.1 Å². The van der Waals surface area contributed by atoms with Crippen molar-refractivity contribution in [2.75, 3.05) is 13.6 Å². The van der Waals surface area contributed by atoms with Crippen LogP contribution in [0.3, 0.4) is 0 Å². The molecule has 0 atom stereocenters. The molecule has 0 aromatic rings. The van der Waals surface area contributed by atoms with Crippen molar-refractivity contribution in [2.45, 2.75) is 12.8 Å². The molecular weight excluding hydrogens is 193 g/mol. The molecule has 0 radical (unpaired) electrons. The van der Waals surface area contributed by atoms with Crippen LogP contribution in [0, 0.1) is 5.41 Å². The van der Waals surface area contributed by atoms with Gasteiger partial charge in [0.15, 0.2) is 0 Å². The van der Waals surface area contributed by atoms with Gasteiger partial charge in [0.2, 0.25) is 0 Å². The number of aldehydes is 1. The van der Waals surface area contributed by atoms with Crippen LogP contribution in [0.25, 0.3) is 0 Å². The van der Waals surface area contributed by atoms with Gasteiger partial charge in [-0.2, -0.15) is 0 Å². The Morgan fingerprint density at radius 3 is 2.47 bits per heavy atom. The van der Waals surface area contributed by atoms with Gasteiger partial charge in [-0.25, -0.2) is 4.39 Å². The average molecular weight is 209 g/mol. The molecule has 15 heavy (non-hydrogen) atoms. The van der Waals surface area contributed by atoms with Crippen molar-refractivity contribution in [3.8, 4) is 0 Å². The Hall–Kier alpha value is -1.22. The molecule has 0 amide bonds. The molecule has 0 saturated heterocycles. The standard InChI is InChI=1S/C12H16FNO/c1-4-10(7-15)11(9(2)13)12(5-6-12)8-14-3/h4,7,14H,1-2,5-6,8H2,3H3/b11-10-. The highest BCUT2D eigenvalue weighted by Gasteiger charge is 2.47. The largest absolute Gasteiger partial charge is 0.319 e. The van der Waals surface area contributed by atoms with Gasteiger partial charge < -0.3 is 5.32 Å². The van der Waals surface area contributed by atoms with Crippen LogP contribution in [0.1, 0.15) is 12.8 Å². The van der Waals surface area contributed by atoms with Crippen LogP contribution in [0.15, 0.2) is 36.2 Å². The van der Waals surface area contributed by atoms with Crippen LogP contribution >= 0.6 is 0 Å². The van der Waals surface area contributed by atoms with E-state index < -0.39 is 5.83 Å². The highest BCUT2D eigenvalue weighted by Crippen LogP contribution is 2.54. The second kappa shape index (κ2) is 4.53. The van der Waals surface area contributed by atoms with Crippen LogP contribution in [0.4, 0.5) is 4.39 Å². The lowest BCUT2D eigenvalue weighted by Gasteiger charge is -2.18. The fourth-order valence-electron chi connectivity index (χ4n) is 1.96. The van der Waals surface area contributed by atoms with Gasteiger partial charge >= 0.3 is 0 Å². The van der Waals surface area contributed by atoms with E-state index in [-0.39, 0.29) is 5.41 Å². The van der Waals surface area contributed by atoms with Crippen LogP contribution in [-0.2, 0) is 4.79 Å². The number of carbonyl (C=O) groups excluding carboxylic acids is 1. The van der Waals surface area contributed by atoms with Crippen molar-refractivity contribution >= 4 is 6.29 Å². The Morgan fingerprint density at radius 1 is 1.60 bits per heavy atom. The van der Waals surface area contributed by atoms with E-state index in [0.29, 0.717) is 24.0 Å². The lowest BCUT2D eigenvalue weighted by Crippen LogP contribution is -2.23. The van der Waals surface area contributed by atoms with Gasteiger partial charge in [0.05, 0.1) is 0 Å². The summed E-state index contributed by atoms with van der Waals surface area (Å²) in [5, 5.41) is 3.02. The Kier molecular flexibility index (Phi) is 3.58. The first kappa shape index (κ1) is 11.9. The molecule has 1 rings (SSSR count). The zero-order valence-electron chi connectivity index (χ0n) is 8.98. The number of halogens is 1. The van der Waals surface area contributed by atoms with Crippen molar-refractivity contribution < 1.29 is 9.18 Å². The van der Waals surface area contributed by atoms with E-state index in [1.165, 1.54) is 6.08 Å². The molecule has 1 aliphatic carbocycles. The Bertz CT molecular complexity index is 317. The SMILES string of the molecule is C=C/C(C=O)=C(\C(=C)F)C1(CNC)CC1. The zero-order valence-corrected chi connectivity index (χ0v) is 8.98. The van der Waals surface area contributed by atoms with E-state index >= 15 is 0 Å². The van der Waals surface area contributed by atoms with E-state index in [0.717, 1.165) is 12.8 Å². The molecular formula is C12H16FNO. The molecule has 0 aliphatic heterocycles. The van der Waals surface area contributed by atoms with Crippen LogP contribution in [0.2, 0.25) is 0 Å². The van der Waals surface area contributed by atoms with Gasteiger partial charge in [-0.3, -0.25) is 4.79 Å². The lowest BCUT2D eigenvalue weighted by atomic mass is 9.90. The number of hydrogen-bond acceptors (Lipinski definition) is 2. The maximum atomic E-state index is 13.4.